The van der Waals surface area contributed by atoms with Gasteiger partial charge in [-0.05, 0) is 40.3 Å². The molecule has 2 heteroatoms. The monoisotopic (exact) mass is 212 g/mol. The van der Waals surface area contributed by atoms with E-state index in [0.29, 0.717) is 6.04 Å². The highest BCUT2D eigenvalue weighted by molar-refractivity contribution is 4.99. The maximum atomic E-state index is 4.15. The molecule has 1 atom stereocenters. The zero-order chi connectivity index (χ0) is 11.8. The summed E-state index contributed by atoms with van der Waals surface area (Å²) in [6.07, 6.45) is 4.04. The second-order valence-corrected chi connectivity index (χ2v) is 4.34. The molecule has 90 valence electrons. The van der Waals surface area contributed by atoms with E-state index >= 15 is 0 Å². The van der Waals surface area contributed by atoms with Gasteiger partial charge in [-0.2, -0.15) is 0 Å². The van der Waals surface area contributed by atoms with E-state index in [2.05, 4.69) is 37.4 Å². The van der Waals surface area contributed by atoms with Gasteiger partial charge in [0.15, 0.2) is 0 Å². The van der Waals surface area contributed by atoms with Crippen molar-refractivity contribution in [3.63, 3.8) is 0 Å². The molecule has 0 amide bonds. The van der Waals surface area contributed by atoms with Gasteiger partial charge in [0.1, 0.15) is 0 Å². The second-order valence-electron chi connectivity index (χ2n) is 4.34. The van der Waals surface area contributed by atoms with Crippen LogP contribution in [0.5, 0.6) is 0 Å². The van der Waals surface area contributed by atoms with Crippen LogP contribution in [0.25, 0.3) is 0 Å². The molecule has 0 bridgehead atoms. The average Bonchev–Trinajstić information content (AvgIpc) is 2.20. The zero-order valence-corrected chi connectivity index (χ0v) is 11.2. The molecule has 2 nitrogen and oxygen atoms in total. The minimum Gasteiger partial charge on any atom is -0.372 e. The maximum absolute atomic E-state index is 4.15. The van der Waals surface area contributed by atoms with Crippen molar-refractivity contribution in [2.45, 2.75) is 46.1 Å². The molecular formula is C13H28N2. The van der Waals surface area contributed by atoms with Crippen LogP contribution in [0.15, 0.2) is 12.3 Å². The molecule has 0 aromatic carbocycles. The summed E-state index contributed by atoms with van der Waals surface area (Å²) in [7, 11) is 4.19. The van der Waals surface area contributed by atoms with Gasteiger partial charge in [0.25, 0.3) is 0 Å². The molecule has 1 unspecified atom stereocenters. The lowest BCUT2D eigenvalue weighted by molar-refractivity contribution is 0.194. The van der Waals surface area contributed by atoms with Crippen molar-refractivity contribution >= 4 is 0 Å². The molecule has 0 aromatic rings. The Labute approximate surface area is 95.9 Å². The number of likely N-dealkylation sites (N-methyl/N-ethyl adjacent to an activating group) is 1. The van der Waals surface area contributed by atoms with E-state index in [1.165, 1.54) is 31.5 Å². The van der Waals surface area contributed by atoms with Crippen LogP contribution < -0.4 is 0 Å². The lowest BCUT2D eigenvalue weighted by Gasteiger charge is -2.37. The largest absolute Gasteiger partial charge is 0.372 e. The fourth-order valence-electron chi connectivity index (χ4n) is 2.02. The lowest BCUT2D eigenvalue weighted by atomic mass is 10.0. The molecule has 0 spiro atoms. The van der Waals surface area contributed by atoms with Gasteiger partial charge in [-0.3, -0.25) is 0 Å². The molecule has 0 N–H and O–H groups in total. The summed E-state index contributed by atoms with van der Waals surface area (Å²) in [4.78, 5) is 4.65. The minimum absolute atomic E-state index is 0.696. The molecule has 1 heterocycles. The van der Waals surface area contributed by atoms with E-state index in [0.717, 1.165) is 6.54 Å². The molecule has 1 aliphatic heterocycles. The zero-order valence-electron chi connectivity index (χ0n) is 11.2. The van der Waals surface area contributed by atoms with Crippen LogP contribution in [-0.4, -0.2) is 43.0 Å². The standard InChI is InChI=1S/C11H22N2.C2H6/c1-10-7-5-6-8-13(10)11(2)9-12(3)4;1-2/h10H,2,5-9H2,1,3-4H3;1-2H3. The summed E-state index contributed by atoms with van der Waals surface area (Å²) in [5, 5.41) is 0. The highest BCUT2D eigenvalue weighted by Crippen LogP contribution is 2.20. The van der Waals surface area contributed by atoms with Crippen molar-refractivity contribution in [3.05, 3.63) is 12.3 Å². The van der Waals surface area contributed by atoms with Crippen molar-refractivity contribution in [3.8, 4) is 0 Å². The summed E-state index contributed by atoms with van der Waals surface area (Å²) in [6.45, 7) is 12.7. The fourth-order valence-corrected chi connectivity index (χ4v) is 2.02. The topological polar surface area (TPSA) is 6.48 Å². The van der Waals surface area contributed by atoms with Crippen LogP contribution >= 0.6 is 0 Å². The number of hydrogen-bond donors (Lipinski definition) is 0. The lowest BCUT2D eigenvalue weighted by Crippen LogP contribution is -2.39. The number of rotatable bonds is 3. The van der Waals surface area contributed by atoms with Crippen molar-refractivity contribution in [2.24, 2.45) is 0 Å². The predicted molar refractivity (Wildman–Crippen MR) is 69.1 cm³/mol. The minimum atomic E-state index is 0.696. The Morgan fingerprint density at radius 3 is 2.40 bits per heavy atom. The molecule has 1 rings (SSSR count). The second kappa shape index (κ2) is 7.75. The number of nitrogens with zero attached hydrogens (tertiary/aromatic N) is 2. The molecular weight excluding hydrogens is 184 g/mol. The Morgan fingerprint density at radius 2 is 1.93 bits per heavy atom. The first-order chi connectivity index (χ1) is 7.11. The van der Waals surface area contributed by atoms with Gasteiger partial charge in [-0.15, -0.1) is 0 Å². The third-order valence-electron chi connectivity index (χ3n) is 2.71. The fraction of sp³-hybridized carbons (Fsp3) is 0.846. The quantitative estimate of drug-likeness (QED) is 0.709. The highest BCUT2D eigenvalue weighted by Gasteiger charge is 2.19. The van der Waals surface area contributed by atoms with Crippen LogP contribution in [0.1, 0.15) is 40.0 Å². The summed E-state index contributed by atoms with van der Waals surface area (Å²) in [6, 6.07) is 0.696. The Hall–Kier alpha value is -0.500. The Kier molecular flexibility index (Phi) is 7.49. The number of piperidine rings is 1. The maximum Gasteiger partial charge on any atom is 0.0371 e. The molecule has 0 radical (unpaired) electrons. The first-order valence-corrected chi connectivity index (χ1v) is 6.20. The molecule has 0 aliphatic carbocycles. The van der Waals surface area contributed by atoms with E-state index < -0.39 is 0 Å². The van der Waals surface area contributed by atoms with Gasteiger partial charge in [-0.1, -0.05) is 20.4 Å². The molecule has 15 heavy (non-hydrogen) atoms. The Bertz CT molecular complexity index is 175. The molecule has 1 saturated heterocycles. The van der Waals surface area contributed by atoms with Crippen molar-refractivity contribution in [2.75, 3.05) is 27.2 Å². The molecule has 0 saturated carbocycles. The van der Waals surface area contributed by atoms with Crippen molar-refractivity contribution in [1.82, 2.24) is 9.80 Å². The SMILES string of the molecule is C=C(CN(C)C)N1CCCCC1C.CC. The van der Waals surface area contributed by atoms with Gasteiger partial charge in [0.2, 0.25) is 0 Å². The molecule has 1 aliphatic rings. The molecule has 0 aromatic heterocycles. The number of hydrogen-bond acceptors (Lipinski definition) is 2. The van der Waals surface area contributed by atoms with Crippen LogP contribution in [0.2, 0.25) is 0 Å². The van der Waals surface area contributed by atoms with Crippen LogP contribution in [-0.2, 0) is 0 Å². The Balaban J connectivity index is 0.000000921. The summed E-state index contributed by atoms with van der Waals surface area (Å²) in [5.41, 5.74) is 1.28. The summed E-state index contributed by atoms with van der Waals surface area (Å²) in [5.74, 6) is 0. The third kappa shape index (κ3) is 5.22. The van der Waals surface area contributed by atoms with Crippen molar-refractivity contribution in [1.29, 1.82) is 0 Å². The van der Waals surface area contributed by atoms with Gasteiger partial charge >= 0.3 is 0 Å². The van der Waals surface area contributed by atoms with E-state index in [4.69, 9.17) is 0 Å². The highest BCUT2D eigenvalue weighted by atomic mass is 15.2. The Morgan fingerprint density at radius 1 is 1.33 bits per heavy atom. The van der Waals surface area contributed by atoms with E-state index in [9.17, 15) is 0 Å². The van der Waals surface area contributed by atoms with E-state index in [1.54, 1.807) is 0 Å². The first kappa shape index (κ1) is 14.5. The van der Waals surface area contributed by atoms with E-state index in [1.807, 2.05) is 13.8 Å². The average molecular weight is 212 g/mol. The smallest absolute Gasteiger partial charge is 0.0371 e. The van der Waals surface area contributed by atoms with Crippen LogP contribution in [0.4, 0.5) is 0 Å². The summed E-state index contributed by atoms with van der Waals surface area (Å²) < 4.78 is 0. The first-order valence-electron chi connectivity index (χ1n) is 6.20. The molecule has 1 fully saturated rings. The van der Waals surface area contributed by atoms with Gasteiger partial charge < -0.3 is 9.80 Å². The van der Waals surface area contributed by atoms with Crippen LogP contribution in [0, 0.1) is 0 Å². The number of likely N-dealkylation sites (tertiary alicyclic amines) is 1. The normalized spacial score (nSPS) is 20.9. The van der Waals surface area contributed by atoms with Crippen molar-refractivity contribution < 1.29 is 0 Å². The van der Waals surface area contributed by atoms with Gasteiger partial charge in [-0.25, -0.2) is 0 Å². The van der Waals surface area contributed by atoms with Gasteiger partial charge in [0.05, 0.1) is 0 Å². The van der Waals surface area contributed by atoms with Gasteiger partial charge in [0, 0.05) is 24.8 Å². The third-order valence-corrected chi connectivity index (χ3v) is 2.71. The summed E-state index contributed by atoms with van der Waals surface area (Å²) >= 11 is 0. The predicted octanol–water partition coefficient (Wildman–Crippen LogP) is 2.96. The van der Waals surface area contributed by atoms with Crippen LogP contribution in [0.3, 0.4) is 0 Å². The van der Waals surface area contributed by atoms with E-state index in [-0.39, 0.29) is 0 Å².